The van der Waals surface area contributed by atoms with Crippen molar-refractivity contribution in [1.82, 2.24) is 4.37 Å². The van der Waals surface area contributed by atoms with Crippen LogP contribution in [-0.4, -0.2) is 10.3 Å². The number of amides is 1. The van der Waals surface area contributed by atoms with Gasteiger partial charge in [-0.25, -0.2) is 0 Å². The molecule has 0 aromatic carbocycles. The average molecular weight is 142 g/mol. The first-order chi connectivity index (χ1) is 4.20. The largest absolute Gasteiger partial charge is 0.365 e. The highest BCUT2D eigenvalue weighted by atomic mass is 32.1. The maximum absolute atomic E-state index is 10.4. The van der Waals surface area contributed by atoms with Crippen LogP contribution in [0.3, 0.4) is 0 Å². The maximum atomic E-state index is 10.4. The van der Waals surface area contributed by atoms with Crippen LogP contribution in [0.1, 0.15) is 15.4 Å². The number of carbonyl (C=O) groups excluding carboxylic acids is 1. The van der Waals surface area contributed by atoms with Crippen LogP contribution in [0.25, 0.3) is 0 Å². The number of rotatable bonds is 1. The second-order valence-electron chi connectivity index (χ2n) is 1.70. The molecule has 0 aliphatic heterocycles. The van der Waals surface area contributed by atoms with E-state index in [1.807, 2.05) is 6.92 Å². The lowest BCUT2D eigenvalue weighted by molar-refractivity contribution is 0.100. The summed E-state index contributed by atoms with van der Waals surface area (Å²) in [5.74, 6) is -0.402. The fourth-order valence-electron chi connectivity index (χ4n) is 0.480. The van der Waals surface area contributed by atoms with Gasteiger partial charge in [-0.1, -0.05) is 0 Å². The SMILES string of the molecule is Cc1cc(C(N)=O)sn1. The number of aryl methyl sites for hydroxylation is 1. The minimum absolute atomic E-state index is 0.402. The van der Waals surface area contributed by atoms with E-state index in [0.717, 1.165) is 17.2 Å². The van der Waals surface area contributed by atoms with Crippen molar-refractivity contribution in [3.05, 3.63) is 16.6 Å². The number of primary amides is 1. The van der Waals surface area contributed by atoms with E-state index < -0.39 is 5.91 Å². The Labute approximate surface area is 56.7 Å². The molecular formula is C5H6N2OS. The molecule has 0 radical (unpaired) electrons. The summed E-state index contributed by atoms with van der Waals surface area (Å²) in [6, 6.07) is 1.67. The Morgan fingerprint density at radius 3 is 2.78 bits per heavy atom. The van der Waals surface area contributed by atoms with Gasteiger partial charge in [0.2, 0.25) is 0 Å². The number of nitrogens with two attached hydrogens (primary N) is 1. The molecule has 0 unspecified atom stereocenters. The highest BCUT2D eigenvalue weighted by Crippen LogP contribution is 2.06. The highest BCUT2D eigenvalue weighted by molar-refractivity contribution is 7.08. The quantitative estimate of drug-likeness (QED) is 0.622. The molecule has 0 saturated heterocycles. The van der Waals surface area contributed by atoms with E-state index in [0.29, 0.717) is 4.88 Å². The molecule has 2 N–H and O–H groups in total. The van der Waals surface area contributed by atoms with Gasteiger partial charge in [0.1, 0.15) is 4.88 Å². The first kappa shape index (κ1) is 6.22. The van der Waals surface area contributed by atoms with Crippen molar-refractivity contribution in [2.75, 3.05) is 0 Å². The van der Waals surface area contributed by atoms with Crippen molar-refractivity contribution >= 4 is 17.4 Å². The van der Waals surface area contributed by atoms with Crippen LogP contribution in [0, 0.1) is 6.92 Å². The summed E-state index contributed by atoms with van der Waals surface area (Å²) in [7, 11) is 0. The molecule has 0 spiro atoms. The van der Waals surface area contributed by atoms with Crippen LogP contribution < -0.4 is 5.73 Å². The zero-order chi connectivity index (χ0) is 6.85. The standard InChI is InChI=1S/C5H6N2OS/c1-3-2-4(5(6)8)9-7-3/h2H,1H3,(H2,6,8). The van der Waals surface area contributed by atoms with Crippen molar-refractivity contribution in [2.24, 2.45) is 5.73 Å². The molecule has 0 saturated carbocycles. The van der Waals surface area contributed by atoms with Gasteiger partial charge < -0.3 is 5.73 Å². The lowest BCUT2D eigenvalue weighted by atomic mass is 10.4. The van der Waals surface area contributed by atoms with E-state index in [-0.39, 0.29) is 0 Å². The second-order valence-corrected chi connectivity index (χ2v) is 2.50. The van der Waals surface area contributed by atoms with Gasteiger partial charge in [-0.2, -0.15) is 4.37 Å². The normalized spacial score (nSPS) is 9.44. The summed E-state index contributed by atoms with van der Waals surface area (Å²) < 4.78 is 3.88. The van der Waals surface area contributed by atoms with Crippen molar-refractivity contribution in [3.63, 3.8) is 0 Å². The van der Waals surface area contributed by atoms with Gasteiger partial charge in [-0.05, 0) is 24.5 Å². The van der Waals surface area contributed by atoms with Crippen LogP contribution in [0.2, 0.25) is 0 Å². The number of hydrogen-bond donors (Lipinski definition) is 1. The number of carbonyl (C=O) groups is 1. The molecule has 1 amide bonds. The number of aromatic nitrogens is 1. The minimum Gasteiger partial charge on any atom is -0.365 e. The Morgan fingerprint density at radius 1 is 1.89 bits per heavy atom. The molecule has 3 nitrogen and oxygen atoms in total. The van der Waals surface area contributed by atoms with E-state index in [1.165, 1.54) is 0 Å². The van der Waals surface area contributed by atoms with E-state index in [9.17, 15) is 4.79 Å². The highest BCUT2D eigenvalue weighted by Gasteiger charge is 2.01. The van der Waals surface area contributed by atoms with E-state index in [4.69, 9.17) is 5.73 Å². The molecule has 0 aliphatic carbocycles. The van der Waals surface area contributed by atoms with Crippen LogP contribution in [0.5, 0.6) is 0 Å². The third kappa shape index (κ3) is 1.26. The lowest BCUT2D eigenvalue weighted by Crippen LogP contribution is -2.08. The van der Waals surface area contributed by atoms with E-state index in [1.54, 1.807) is 6.07 Å². The van der Waals surface area contributed by atoms with E-state index in [2.05, 4.69) is 4.37 Å². The molecule has 1 aromatic rings. The predicted molar refractivity (Wildman–Crippen MR) is 35.4 cm³/mol. The molecular weight excluding hydrogens is 136 g/mol. The summed E-state index contributed by atoms with van der Waals surface area (Å²) in [5.41, 5.74) is 5.80. The zero-order valence-corrected chi connectivity index (χ0v) is 5.73. The first-order valence-electron chi connectivity index (χ1n) is 2.43. The van der Waals surface area contributed by atoms with Crippen molar-refractivity contribution in [3.8, 4) is 0 Å². The van der Waals surface area contributed by atoms with E-state index >= 15 is 0 Å². The minimum atomic E-state index is -0.402. The Hall–Kier alpha value is -0.900. The lowest BCUT2D eigenvalue weighted by Gasteiger charge is -1.79. The number of hydrogen-bond acceptors (Lipinski definition) is 3. The Kier molecular flexibility index (Phi) is 1.48. The van der Waals surface area contributed by atoms with Gasteiger partial charge in [0.05, 0.1) is 5.69 Å². The maximum Gasteiger partial charge on any atom is 0.260 e. The summed E-state index contributed by atoms with van der Waals surface area (Å²) in [6.07, 6.45) is 0. The van der Waals surface area contributed by atoms with Crippen molar-refractivity contribution < 1.29 is 4.79 Å². The zero-order valence-electron chi connectivity index (χ0n) is 4.92. The average Bonchev–Trinajstić information content (AvgIpc) is 2.14. The van der Waals surface area contributed by atoms with Gasteiger partial charge >= 0.3 is 0 Å². The summed E-state index contributed by atoms with van der Waals surface area (Å²) in [6.45, 7) is 1.82. The smallest absolute Gasteiger partial charge is 0.260 e. The summed E-state index contributed by atoms with van der Waals surface area (Å²) >= 11 is 1.13. The van der Waals surface area contributed by atoms with Crippen LogP contribution in [-0.2, 0) is 0 Å². The summed E-state index contributed by atoms with van der Waals surface area (Å²) in [4.78, 5) is 10.9. The first-order valence-corrected chi connectivity index (χ1v) is 3.20. The number of nitrogens with zero attached hydrogens (tertiary/aromatic N) is 1. The third-order valence-electron chi connectivity index (χ3n) is 0.871. The molecule has 0 bridgehead atoms. The Bertz CT molecular complexity index is 231. The molecule has 1 aromatic heterocycles. The van der Waals surface area contributed by atoms with Gasteiger partial charge in [0, 0.05) is 0 Å². The van der Waals surface area contributed by atoms with Crippen LogP contribution in [0.4, 0.5) is 0 Å². The van der Waals surface area contributed by atoms with Crippen molar-refractivity contribution in [1.29, 1.82) is 0 Å². The van der Waals surface area contributed by atoms with Gasteiger partial charge in [0.15, 0.2) is 0 Å². The van der Waals surface area contributed by atoms with Crippen LogP contribution >= 0.6 is 11.5 Å². The monoisotopic (exact) mass is 142 g/mol. The van der Waals surface area contributed by atoms with Gasteiger partial charge in [-0.3, -0.25) is 4.79 Å². The van der Waals surface area contributed by atoms with Crippen molar-refractivity contribution in [2.45, 2.75) is 6.92 Å². The summed E-state index contributed by atoms with van der Waals surface area (Å²) in [5, 5.41) is 0. The molecule has 0 fully saturated rings. The molecule has 48 valence electrons. The molecule has 1 rings (SSSR count). The predicted octanol–water partition coefficient (Wildman–Crippen LogP) is 0.550. The molecule has 1 heterocycles. The second kappa shape index (κ2) is 2.14. The topological polar surface area (TPSA) is 56.0 Å². The van der Waals surface area contributed by atoms with Gasteiger partial charge in [0.25, 0.3) is 5.91 Å². The molecule has 0 aliphatic rings. The fourth-order valence-corrected chi connectivity index (χ4v) is 1.09. The fraction of sp³-hybridized carbons (Fsp3) is 0.200. The molecule has 9 heavy (non-hydrogen) atoms. The third-order valence-corrected chi connectivity index (χ3v) is 1.77. The Morgan fingerprint density at radius 2 is 2.56 bits per heavy atom. The molecule has 4 heteroatoms. The van der Waals surface area contributed by atoms with Crippen LogP contribution in [0.15, 0.2) is 6.07 Å². The Balaban J connectivity index is 2.98. The molecule has 0 atom stereocenters. The van der Waals surface area contributed by atoms with Gasteiger partial charge in [-0.15, -0.1) is 0 Å².